The summed E-state index contributed by atoms with van der Waals surface area (Å²) >= 11 is 0.915. The maximum atomic E-state index is 12.8. The van der Waals surface area contributed by atoms with E-state index >= 15 is 0 Å². The van der Waals surface area contributed by atoms with Crippen LogP contribution in [0.1, 0.15) is 23.6 Å². The molecule has 0 radical (unpaired) electrons. The Balaban J connectivity index is 1.72. The molecule has 0 aromatic heterocycles. The molecule has 0 aliphatic carbocycles. The summed E-state index contributed by atoms with van der Waals surface area (Å²) in [6.45, 7) is 6.70. The van der Waals surface area contributed by atoms with Gasteiger partial charge in [0.1, 0.15) is 12.4 Å². The Morgan fingerprint density at radius 1 is 1.07 bits per heavy atom. The van der Waals surface area contributed by atoms with Crippen LogP contribution in [0.3, 0.4) is 0 Å². The number of carbonyl (C=O) groups is 2. The van der Waals surface area contributed by atoms with E-state index in [1.54, 1.807) is 19.3 Å². The monoisotopic (exact) mass is 427 g/mol. The molecule has 0 spiro atoms. The second kappa shape index (κ2) is 9.71. The van der Waals surface area contributed by atoms with E-state index in [1.807, 2.05) is 51.1 Å². The van der Waals surface area contributed by atoms with Gasteiger partial charge in [-0.1, -0.05) is 24.3 Å². The summed E-state index contributed by atoms with van der Waals surface area (Å²) in [7, 11) is 1.56. The zero-order valence-electron chi connectivity index (χ0n) is 17.6. The number of hydrogen-bond donors (Lipinski definition) is 0. The van der Waals surface area contributed by atoms with Crippen molar-refractivity contribution in [2.24, 2.45) is 0 Å². The van der Waals surface area contributed by atoms with Crippen LogP contribution in [0.2, 0.25) is 0 Å². The van der Waals surface area contributed by atoms with Crippen molar-refractivity contribution in [1.29, 1.82) is 0 Å². The fourth-order valence-electron chi connectivity index (χ4n) is 3.05. The Hall–Kier alpha value is -2.93. The number of hydrogen-bond acceptors (Lipinski definition) is 6. The first-order valence-electron chi connectivity index (χ1n) is 9.69. The van der Waals surface area contributed by atoms with Crippen LogP contribution in [-0.2, 0) is 4.79 Å². The zero-order chi connectivity index (χ0) is 21.7. The van der Waals surface area contributed by atoms with Crippen LogP contribution < -0.4 is 14.2 Å². The summed E-state index contributed by atoms with van der Waals surface area (Å²) in [5, 5.41) is -0.309. The third-order valence-electron chi connectivity index (χ3n) is 4.59. The number of imide groups is 1. The van der Waals surface area contributed by atoms with Crippen molar-refractivity contribution < 1.29 is 23.8 Å². The predicted molar refractivity (Wildman–Crippen MR) is 118 cm³/mol. The molecule has 1 aliphatic heterocycles. The Morgan fingerprint density at radius 3 is 2.60 bits per heavy atom. The van der Waals surface area contributed by atoms with E-state index in [9.17, 15) is 9.59 Å². The summed E-state index contributed by atoms with van der Waals surface area (Å²) < 4.78 is 16.8. The minimum absolute atomic E-state index is 0.186. The third kappa shape index (κ3) is 4.79. The van der Waals surface area contributed by atoms with Crippen LogP contribution in [0.25, 0.3) is 6.08 Å². The maximum absolute atomic E-state index is 12.8. The lowest BCUT2D eigenvalue weighted by Crippen LogP contribution is -2.32. The number of carbonyl (C=O) groups excluding carboxylic acids is 2. The number of rotatable bonds is 8. The number of benzene rings is 2. The molecule has 30 heavy (non-hydrogen) atoms. The van der Waals surface area contributed by atoms with Crippen LogP contribution in [0, 0.1) is 13.8 Å². The second-order valence-electron chi connectivity index (χ2n) is 6.76. The fraction of sp³-hybridized carbons (Fsp3) is 0.304. The SMILES string of the molecule is CCOc1c(/C=C2\SC(=O)N(CCOc3cc(C)ccc3C)C2=O)cccc1OC. The minimum atomic E-state index is -0.333. The van der Waals surface area contributed by atoms with E-state index in [4.69, 9.17) is 14.2 Å². The first-order valence-corrected chi connectivity index (χ1v) is 10.5. The van der Waals surface area contributed by atoms with E-state index in [-0.39, 0.29) is 24.3 Å². The molecule has 0 N–H and O–H groups in total. The van der Waals surface area contributed by atoms with E-state index in [2.05, 4.69) is 0 Å². The normalized spacial score (nSPS) is 15.1. The van der Waals surface area contributed by atoms with Crippen LogP contribution in [0.4, 0.5) is 4.79 Å². The highest BCUT2D eigenvalue weighted by atomic mass is 32.2. The number of amides is 2. The minimum Gasteiger partial charge on any atom is -0.493 e. The van der Waals surface area contributed by atoms with Crippen molar-refractivity contribution in [3.05, 3.63) is 58.0 Å². The first kappa shape index (κ1) is 21.8. The molecule has 7 heteroatoms. The topological polar surface area (TPSA) is 65.1 Å². The molecule has 6 nitrogen and oxygen atoms in total. The van der Waals surface area contributed by atoms with Crippen LogP contribution in [-0.4, -0.2) is 42.9 Å². The van der Waals surface area contributed by atoms with E-state index in [0.29, 0.717) is 28.6 Å². The Kier molecular flexibility index (Phi) is 7.05. The fourth-order valence-corrected chi connectivity index (χ4v) is 3.91. The number of methoxy groups -OCH3 is 1. The molecule has 1 heterocycles. The molecule has 158 valence electrons. The third-order valence-corrected chi connectivity index (χ3v) is 5.50. The van der Waals surface area contributed by atoms with E-state index < -0.39 is 0 Å². The molecule has 2 amide bonds. The average molecular weight is 428 g/mol. The molecule has 0 bridgehead atoms. The van der Waals surface area contributed by atoms with Crippen LogP contribution in [0.15, 0.2) is 41.3 Å². The highest BCUT2D eigenvalue weighted by molar-refractivity contribution is 8.18. The van der Waals surface area contributed by atoms with Gasteiger partial charge in [-0.25, -0.2) is 0 Å². The molecule has 1 fully saturated rings. The smallest absolute Gasteiger partial charge is 0.293 e. The highest BCUT2D eigenvalue weighted by Crippen LogP contribution is 2.37. The molecule has 2 aromatic carbocycles. The first-order chi connectivity index (χ1) is 14.4. The molecule has 3 rings (SSSR count). The summed E-state index contributed by atoms with van der Waals surface area (Å²) in [6, 6.07) is 11.4. The molecule has 2 aromatic rings. The quantitative estimate of drug-likeness (QED) is 0.563. The van der Waals surface area contributed by atoms with Gasteiger partial charge in [0.25, 0.3) is 11.1 Å². The molecule has 0 saturated carbocycles. The Bertz CT molecular complexity index is 986. The lowest BCUT2D eigenvalue weighted by Gasteiger charge is -2.15. The standard InChI is InChI=1S/C23H25NO5S/c1-5-28-21-17(7-6-8-18(21)27-4)14-20-22(25)24(23(26)30-20)11-12-29-19-13-15(2)9-10-16(19)3/h6-10,13-14H,5,11-12H2,1-4H3/b20-14-. The van der Waals surface area contributed by atoms with Gasteiger partial charge >= 0.3 is 0 Å². The van der Waals surface area contributed by atoms with Gasteiger partial charge in [0.15, 0.2) is 11.5 Å². The van der Waals surface area contributed by atoms with Gasteiger partial charge in [-0.05, 0) is 61.9 Å². The lowest BCUT2D eigenvalue weighted by atomic mass is 10.1. The van der Waals surface area contributed by atoms with Crippen molar-refractivity contribution in [3.8, 4) is 17.2 Å². The van der Waals surface area contributed by atoms with Gasteiger partial charge in [0, 0.05) is 5.56 Å². The van der Waals surface area contributed by atoms with E-state index in [1.165, 1.54) is 4.90 Å². The van der Waals surface area contributed by atoms with Crippen molar-refractivity contribution >= 4 is 29.0 Å². The van der Waals surface area contributed by atoms with Crippen LogP contribution >= 0.6 is 11.8 Å². The Labute approximate surface area is 180 Å². The zero-order valence-corrected chi connectivity index (χ0v) is 18.4. The summed E-state index contributed by atoms with van der Waals surface area (Å²) in [5.41, 5.74) is 2.79. The number of thioether (sulfide) groups is 1. The molecular weight excluding hydrogens is 402 g/mol. The molecule has 1 aliphatic rings. The van der Waals surface area contributed by atoms with Crippen molar-refractivity contribution in [1.82, 2.24) is 4.90 Å². The molecule has 0 unspecified atom stereocenters. The molecular formula is C23H25NO5S. The maximum Gasteiger partial charge on any atom is 0.293 e. The summed E-state index contributed by atoms with van der Waals surface area (Å²) in [6.07, 6.45) is 1.67. The number of aryl methyl sites for hydroxylation is 2. The molecule has 1 saturated heterocycles. The number of para-hydroxylation sites is 1. The van der Waals surface area contributed by atoms with Crippen LogP contribution in [0.5, 0.6) is 17.2 Å². The van der Waals surface area contributed by atoms with Gasteiger partial charge in [-0.3, -0.25) is 14.5 Å². The average Bonchev–Trinajstić information content (AvgIpc) is 2.99. The predicted octanol–water partition coefficient (Wildman–Crippen LogP) is 4.83. The van der Waals surface area contributed by atoms with Gasteiger partial charge in [0.2, 0.25) is 0 Å². The van der Waals surface area contributed by atoms with Gasteiger partial charge < -0.3 is 14.2 Å². The van der Waals surface area contributed by atoms with Crippen molar-refractivity contribution in [2.45, 2.75) is 20.8 Å². The summed E-state index contributed by atoms with van der Waals surface area (Å²) in [4.78, 5) is 26.8. The molecule has 0 atom stereocenters. The lowest BCUT2D eigenvalue weighted by molar-refractivity contribution is -0.123. The highest BCUT2D eigenvalue weighted by Gasteiger charge is 2.35. The second-order valence-corrected chi connectivity index (χ2v) is 7.76. The van der Waals surface area contributed by atoms with Gasteiger partial charge in [-0.15, -0.1) is 0 Å². The number of ether oxygens (including phenoxy) is 3. The van der Waals surface area contributed by atoms with Gasteiger partial charge in [0.05, 0.1) is 25.2 Å². The summed E-state index contributed by atoms with van der Waals surface area (Å²) in [5.74, 6) is 1.55. The van der Waals surface area contributed by atoms with Crippen molar-refractivity contribution in [3.63, 3.8) is 0 Å². The van der Waals surface area contributed by atoms with Gasteiger partial charge in [-0.2, -0.15) is 0 Å². The Morgan fingerprint density at radius 2 is 1.87 bits per heavy atom. The van der Waals surface area contributed by atoms with Crippen molar-refractivity contribution in [2.75, 3.05) is 26.9 Å². The number of nitrogens with zero attached hydrogens (tertiary/aromatic N) is 1. The van der Waals surface area contributed by atoms with E-state index in [0.717, 1.165) is 28.6 Å². The largest absolute Gasteiger partial charge is 0.493 e.